The molecule has 168 valence electrons. The van der Waals surface area contributed by atoms with Crippen LogP contribution in [0.1, 0.15) is 26.3 Å². The Morgan fingerprint density at radius 2 is 1.47 bits per heavy atom. The van der Waals surface area contributed by atoms with E-state index < -0.39 is 10.0 Å². The van der Waals surface area contributed by atoms with Gasteiger partial charge in [0.15, 0.2) is 11.6 Å². The summed E-state index contributed by atoms with van der Waals surface area (Å²) in [5.74, 6) is 1.41. The number of nitrogens with zero attached hydrogens (tertiary/aromatic N) is 4. The molecular formula is C24H29N5O2S. The summed E-state index contributed by atoms with van der Waals surface area (Å²) in [6, 6.07) is 20.8. The zero-order chi connectivity index (χ0) is 22.8. The number of hydrogen-bond acceptors (Lipinski definition) is 6. The lowest BCUT2D eigenvalue weighted by Crippen LogP contribution is -2.49. The largest absolute Gasteiger partial charge is 0.352 e. The summed E-state index contributed by atoms with van der Waals surface area (Å²) < 4.78 is 27.7. The molecule has 0 spiro atoms. The standard InChI is InChI=1S/C24H29N5O2S/c1-24(2,3)19-9-11-21(12-10-19)32(30,31)29-17-15-28(16-18-29)23-14-13-22(26-27-23)25-20-7-5-4-6-8-20/h4-14H,15-18H2,1-3H3,(H,25,26). The molecule has 8 heteroatoms. The average molecular weight is 452 g/mol. The molecule has 1 saturated heterocycles. The molecule has 0 bridgehead atoms. The lowest BCUT2D eigenvalue weighted by molar-refractivity contribution is 0.383. The highest BCUT2D eigenvalue weighted by molar-refractivity contribution is 7.89. The summed E-state index contributed by atoms with van der Waals surface area (Å²) in [5.41, 5.74) is 2.05. The van der Waals surface area contributed by atoms with E-state index in [1.54, 1.807) is 16.4 Å². The van der Waals surface area contributed by atoms with E-state index in [2.05, 4.69) is 41.2 Å². The Kier molecular flexibility index (Phi) is 6.17. The van der Waals surface area contributed by atoms with Crippen LogP contribution in [0.4, 0.5) is 17.3 Å². The zero-order valence-electron chi connectivity index (χ0n) is 18.7. The molecule has 1 aliphatic rings. The van der Waals surface area contributed by atoms with Gasteiger partial charge < -0.3 is 10.2 Å². The van der Waals surface area contributed by atoms with Crippen molar-refractivity contribution in [3.63, 3.8) is 0 Å². The maximum atomic E-state index is 13.1. The van der Waals surface area contributed by atoms with Crippen molar-refractivity contribution in [1.29, 1.82) is 0 Å². The van der Waals surface area contributed by atoms with Gasteiger partial charge >= 0.3 is 0 Å². The third-order valence-corrected chi connectivity index (χ3v) is 7.53. The van der Waals surface area contributed by atoms with Gasteiger partial charge in [-0.05, 0) is 47.4 Å². The lowest BCUT2D eigenvalue weighted by atomic mass is 9.87. The topological polar surface area (TPSA) is 78.4 Å². The number of para-hydroxylation sites is 1. The number of piperazine rings is 1. The van der Waals surface area contributed by atoms with Crippen molar-refractivity contribution in [2.75, 3.05) is 36.4 Å². The zero-order valence-corrected chi connectivity index (χ0v) is 19.5. The summed E-state index contributed by atoms with van der Waals surface area (Å²) in [4.78, 5) is 2.41. The third kappa shape index (κ3) is 4.92. The molecule has 1 aromatic heterocycles. The summed E-state index contributed by atoms with van der Waals surface area (Å²) in [6.45, 7) is 8.30. The summed E-state index contributed by atoms with van der Waals surface area (Å²) in [7, 11) is -3.51. The van der Waals surface area contributed by atoms with Crippen molar-refractivity contribution >= 4 is 27.3 Å². The lowest BCUT2D eigenvalue weighted by Gasteiger charge is -2.34. The Labute approximate surface area is 190 Å². The Hall–Kier alpha value is -2.97. The van der Waals surface area contributed by atoms with E-state index in [4.69, 9.17) is 0 Å². The molecule has 0 unspecified atom stereocenters. The van der Waals surface area contributed by atoms with Crippen LogP contribution in [-0.4, -0.2) is 49.1 Å². The van der Waals surface area contributed by atoms with E-state index in [-0.39, 0.29) is 5.41 Å². The van der Waals surface area contributed by atoms with E-state index in [1.807, 2.05) is 54.6 Å². The molecule has 1 N–H and O–H groups in total. The molecular weight excluding hydrogens is 422 g/mol. The van der Waals surface area contributed by atoms with E-state index in [1.165, 1.54) is 0 Å². The van der Waals surface area contributed by atoms with Crippen molar-refractivity contribution in [2.45, 2.75) is 31.1 Å². The molecule has 2 heterocycles. The number of nitrogens with one attached hydrogen (secondary N) is 1. The third-order valence-electron chi connectivity index (χ3n) is 5.62. The van der Waals surface area contributed by atoms with Gasteiger partial charge in [0.25, 0.3) is 0 Å². The predicted molar refractivity (Wildman–Crippen MR) is 128 cm³/mol. The second kappa shape index (κ2) is 8.88. The van der Waals surface area contributed by atoms with Gasteiger partial charge in [0.1, 0.15) is 0 Å². The van der Waals surface area contributed by atoms with E-state index in [0.717, 1.165) is 17.1 Å². The minimum Gasteiger partial charge on any atom is -0.352 e. The molecule has 0 aliphatic carbocycles. The first-order chi connectivity index (χ1) is 15.2. The van der Waals surface area contributed by atoms with Crippen LogP contribution in [0.3, 0.4) is 0 Å². The number of aromatic nitrogens is 2. The van der Waals surface area contributed by atoms with Crippen molar-refractivity contribution in [2.24, 2.45) is 0 Å². The minimum atomic E-state index is -3.51. The summed E-state index contributed by atoms with van der Waals surface area (Å²) in [6.07, 6.45) is 0. The second-order valence-electron chi connectivity index (χ2n) is 8.93. The molecule has 32 heavy (non-hydrogen) atoms. The Morgan fingerprint density at radius 1 is 0.812 bits per heavy atom. The smallest absolute Gasteiger partial charge is 0.243 e. The average Bonchev–Trinajstić information content (AvgIpc) is 2.80. The normalized spacial score (nSPS) is 15.5. The maximum absolute atomic E-state index is 13.1. The number of anilines is 3. The molecule has 2 aromatic carbocycles. The van der Waals surface area contributed by atoms with Gasteiger partial charge in [0.2, 0.25) is 10.0 Å². The van der Waals surface area contributed by atoms with Gasteiger partial charge in [-0.1, -0.05) is 51.1 Å². The van der Waals surface area contributed by atoms with E-state index >= 15 is 0 Å². The fourth-order valence-electron chi connectivity index (χ4n) is 3.66. The van der Waals surface area contributed by atoms with Crippen LogP contribution in [0, 0.1) is 0 Å². The first-order valence-electron chi connectivity index (χ1n) is 10.7. The molecule has 0 saturated carbocycles. The van der Waals surface area contributed by atoms with Crippen molar-refractivity contribution < 1.29 is 8.42 Å². The number of sulfonamides is 1. The Morgan fingerprint density at radius 3 is 2.03 bits per heavy atom. The first kappa shape index (κ1) is 22.2. The number of rotatable bonds is 5. The highest BCUT2D eigenvalue weighted by atomic mass is 32.2. The van der Waals surface area contributed by atoms with Crippen LogP contribution >= 0.6 is 0 Å². The fraction of sp³-hybridized carbons (Fsp3) is 0.333. The van der Waals surface area contributed by atoms with Gasteiger partial charge in [-0.25, -0.2) is 8.42 Å². The highest BCUT2D eigenvalue weighted by Crippen LogP contribution is 2.25. The molecule has 4 rings (SSSR count). The number of benzene rings is 2. The predicted octanol–water partition coefficient (Wildman–Crippen LogP) is 4.03. The van der Waals surface area contributed by atoms with Crippen molar-refractivity contribution in [3.8, 4) is 0 Å². The van der Waals surface area contributed by atoms with Crippen LogP contribution in [0.25, 0.3) is 0 Å². The van der Waals surface area contributed by atoms with Crippen LogP contribution < -0.4 is 10.2 Å². The second-order valence-corrected chi connectivity index (χ2v) is 10.9. The Balaban J connectivity index is 1.38. The van der Waals surface area contributed by atoms with Gasteiger partial charge in [-0.15, -0.1) is 10.2 Å². The molecule has 0 amide bonds. The molecule has 0 radical (unpaired) electrons. The van der Waals surface area contributed by atoms with Crippen LogP contribution in [0.15, 0.2) is 71.6 Å². The van der Waals surface area contributed by atoms with Crippen LogP contribution in [0.5, 0.6) is 0 Å². The molecule has 7 nitrogen and oxygen atoms in total. The van der Waals surface area contributed by atoms with Gasteiger partial charge in [0, 0.05) is 31.9 Å². The molecule has 1 aliphatic heterocycles. The van der Waals surface area contributed by atoms with Gasteiger partial charge in [-0.3, -0.25) is 0 Å². The monoisotopic (exact) mass is 451 g/mol. The van der Waals surface area contributed by atoms with Crippen LogP contribution in [0.2, 0.25) is 0 Å². The maximum Gasteiger partial charge on any atom is 0.243 e. The first-order valence-corrected chi connectivity index (χ1v) is 12.2. The van der Waals surface area contributed by atoms with Gasteiger partial charge in [-0.2, -0.15) is 4.31 Å². The summed E-state index contributed by atoms with van der Waals surface area (Å²) >= 11 is 0. The van der Waals surface area contributed by atoms with Crippen LogP contribution in [-0.2, 0) is 15.4 Å². The quantitative estimate of drug-likeness (QED) is 0.631. The van der Waals surface area contributed by atoms with Gasteiger partial charge in [0.05, 0.1) is 4.90 Å². The van der Waals surface area contributed by atoms with E-state index in [9.17, 15) is 8.42 Å². The van der Waals surface area contributed by atoms with Crippen molar-refractivity contribution in [1.82, 2.24) is 14.5 Å². The SMILES string of the molecule is CC(C)(C)c1ccc(S(=O)(=O)N2CCN(c3ccc(Nc4ccccc4)nn3)CC2)cc1. The molecule has 0 atom stereocenters. The molecule has 3 aromatic rings. The fourth-order valence-corrected chi connectivity index (χ4v) is 5.09. The minimum absolute atomic E-state index is 0.0128. The Bertz CT molecular complexity index is 1130. The highest BCUT2D eigenvalue weighted by Gasteiger charge is 2.29. The van der Waals surface area contributed by atoms with E-state index in [0.29, 0.717) is 36.9 Å². The number of hydrogen-bond donors (Lipinski definition) is 1. The molecule has 1 fully saturated rings. The summed E-state index contributed by atoms with van der Waals surface area (Å²) in [5, 5.41) is 11.8. The van der Waals surface area contributed by atoms with Crippen molar-refractivity contribution in [3.05, 3.63) is 72.3 Å².